The summed E-state index contributed by atoms with van der Waals surface area (Å²) in [6.45, 7) is 12.2. The van der Waals surface area contributed by atoms with Gasteiger partial charge in [0.2, 0.25) is 0 Å². The fourth-order valence-corrected chi connectivity index (χ4v) is 5.30. The molecule has 2 amide bonds. The zero-order valence-corrected chi connectivity index (χ0v) is 25.3. The minimum Gasteiger partial charge on any atom is -0.444 e. The van der Waals surface area contributed by atoms with Gasteiger partial charge in [-0.25, -0.2) is 9.78 Å². The molecule has 40 heavy (non-hydrogen) atoms. The highest BCUT2D eigenvalue weighted by Gasteiger charge is 2.40. The van der Waals surface area contributed by atoms with E-state index in [9.17, 15) is 14.7 Å². The number of aliphatic hydroxyl groups excluding tert-OH is 1. The van der Waals surface area contributed by atoms with E-state index in [1.54, 1.807) is 19.1 Å². The minimum absolute atomic E-state index is 0.148. The number of hydrogen-bond acceptors (Lipinski definition) is 7. The van der Waals surface area contributed by atoms with E-state index in [0.717, 1.165) is 23.9 Å². The van der Waals surface area contributed by atoms with Crippen LogP contribution in [0.2, 0.25) is 0 Å². The second kappa shape index (κ2) is 14.3. The number of aliphatic hydroxyl groups is 1. The fourth-order valence-electron chi connectivity index (χ4n) is 5.30. The van der Waals surface area contributed by atoms with Gasteiger partial charge in [0.15, 0.2) is 5.82 Å². The van der Waals surface area contributed by atoms with Crippen molar-refractivity contribution in [1.82, 2.24) is 19.4 Å². The molecular formula is C30H48N4O6. The molecule has 3 rings (SSSR count). The summed E-state index contributed by atoms with van der Waals surface area (Å²) in [5.74, 6) is 0.125. The smallest absolute Gasteiger partial charge is 0.410 e. The van der Waals surface area contributed by atoms with Gasteiger partial charge in [0, 0.05) is 52.9 Å². The average molecular weight is 561 g/mol. The lowest BCUT2D eigenvalue weighted by molar-refractivity contribution is -0.0348. The molecule has 10 heteroatoms. The number of nitrogens with zero attached hydrogens (tertiary/aromatic N) is 4. The van der Waals surface area contributed by atoms with E-state index < -0.39 is 17.8 Å². The Morgan fingerprint density at radius 3 is 2.50 bits per heavy atom. The molecule has 1 aromatic heterocycles. The fraction of sp³-hybridized carbons (Fsp3) is 0.700. The Bertz CT molecular complexity index is 1110. The first-order valence-electron chi connectivity index (χ1n) is 14.3. The molecular weight excluding hydrogens is 512 g/mol. The van der Waals surface area contributed by atoms with Crippen LogP contribution >= 0.6 is 0 Å². The maximum Gasteiger partial charge on any atom is 0.410 e. The Morgan fingerprint density at radius 1 is 1.12 bits per heavy atom. The molecule has 10 nitrogen and oxygen atoms in total. The van der Waals surface area contributed by atoms with Gasteiger partial charge in [-0.15, -0.1) is 0 Å². The maximum atomic E-state index is 14.4. The summed E-state index contributed by atoms with van der Waals surface area (Å²) in [7, 11) is 3.23. The Balaban J connectivity index is 1.98. The Labute approximate surface area is 238 Å². The number of aryl methyl sites for hydroxylation is 1. The zero-order chi connectivity index (χ0) is 29.4. The van der Waals surface area contributed by atoms with E-state index in [2.05, 4.69) is 13.8 Å². The molecule has 0 bridgehead atoms. The van der Waals surface area contributed by atoms with Gasteiger partial charge < -0.3 is 33.7 Å². The Kier molecular flexibility index (Phi) is 11.4. The molecule has 1 fully saturated rings. The number of ether oxygens (including phenoxy) is 3. The number of aromatic nitrogens is 2. The first-order valence-corrected chi connectivity index (χ1v) is 14.3. The van der Waals surface area contributed by atoms with Crippen LogP contribution < -0.4 is 0 Å². The van der Waals surface area contributed by atoms with E-state index in [-0.39, 0.29) is 30.4 Å². The number of benzene rings is 1. The SMILES string of the molecule is COCCCCn1c(C(=O)N(CC(C)C)[C@H]2CC(C(O)COC)CN(C(=O)OC(C)(C)C)C2)nc2ccccc21. The third kappa shape index (κ3) is 8.41. The van der Waals surface area contributed by atoms with Crippen LogP contribution in [0.1, 0.15) is 64.5 Å². The van der Waals surface area contributed by atoms with Crippen LogP contribution in [0, 0.1) is 11.8 Å². The van der Waals surface area contributed by atoms with E-state index in [0.29, 0.717) is 45.0 Å². The van der Waals surface area contributed by atoms with Crippen molar-refractivity contribution in [3.8, 4) is 0 Å². The normalized spacial score (nSPS) is 18.8. The number of fused-ring (bicyclic) bond motifs is 1. The molecule has 1 N–H and O–H groups in total. The number of methoxy groups -OCH3 is 2. The first kappa shape index (κ1) is 31.8. The Hall–Kier alpha value is -2.69. The number of unbranched alkanes of at least 4 members (excludes halogenated alkanes) is 1. The third-order valence-electron chi connectivity index (χ3n) is 7.08. The minimum atomic E-state index is -0.779. The second-order valence-electron chi connectivity index (χ2n) is 12.2. The predicted octanol–water partition coefficient (Wildman–Crippen LogP) is 4.19. The zero-order valence-electron chi connectivity index (χ0n) is 25.3. The van der Waals surface area contributed by atoms with Crippen molar-refractivity contribution < 1.29 is 28.9 Å². The van der Waals surface area contributed by atoms with Crippen LogP contribution in [0.3, 0.4) is 0 Å². The monoisotopic (exact) mass is 560 g/mol. The summed E-state index contributed by atoms with van der Waals surface area (Å²) < 4.78 is 18.1. The van der Waals surface area contributed by atoms with Crippen molar-refractivity contribution in [1.29, 1.82) is 0 Å². The van der Waals surface area contributed by atoms with Crippen molar-refractivity contribution in [2.75, 3.05) is 47.1 Å². The van der Waals surface area contributed by atoms with E-state index >= 15 is 0 Å². The molecule has 0 saturated carbocycles. The van der Waals surface area contributed by atoms with Crippen LogP contribution in [0.15, 0.2) is 24.3 Å². The van der Waals surface area contributed by atoms with Crippen LogP contribution in [-0.4, -0.2) is 101 Å². The van der Waals surface area contributed by atoms with Crippen LogP contribution in [-0.2, 0) is 20.8 Å². The average Bonchev–Trinajstić information content (AvgIpc) is 3.26. The van der Waals surface area contributed by atoms with Gasteiger partial charge in [0.05, 0.1) is 29.8 Å². The van der Waals surface area contributed by atoms with Crippen molar-refractivity contribution in [3.05, 3.63) is 30.1 Å². The van der Waals surface area contributed by atoms with E-state index in [1.807, 2.05) is 54.5 Å². The van der Waals surface area contributed by atoms with Gasteiger partial charge in [-0.1, -0.05) is 26.0 Å². The summed E-state index contributed by atoms with van der Waals surface area (Å²) in [6, 6.07) is 7.47. The molecule has 224 valence electrons. The number of piperidine rings is 1. The molecule has 0 radical (unpaired) electrons. The standard InChI is InChI=1S/C30H48N4O6/c1-21(2)17-34(23-16-22(26(35)20-39-7)18-32(19-23)29(37)40-30(3,4)5)28(36)27-31-24-12-8-9-13-25(24)33(27)14-10-11-15-38-6/h8-9,12-13,21-23,26,35H,10-11,14-20H2,1-7H3/t22?,23-,26?/m0/s1. The van der Waals surface area contributed by atoms with Crippen molar-refractivity contribution in [2.24, 2.45) is 11.8 Å². The maximum absolute atomic E-state index is 14.4. The lowest BCUT2D eigenvalue weighted by Crippen LogP contribution is -2.57. The molecule has 2 heterocycles. The molecule has 0 spiro atoms. The molecule has 2 aromatic rings. The van der Waals surface area contributed by atoms with E-state index in [4.69, 9.17) is 19.2 Å². The number of carbonyl (C=O) groups is 2. The second-order valence-corrected chi connectivity index (χ2v) is 12.2. The van der Waals surface area contributed by atoms with Gasteiger partial charge in [-0.2, -0.15) is 0 Å². The molecule has 3 atom stereocenters. The highest BCUT2D eigenvalue weighted by Crippen LogP contribution is 2.28. The summed E-state index contributed by atoms with van der Waals surface area (Å²) in [5, 5.41) is 10.9. The van der Waals surface area contributed by atoms with Crippen LogP contribution in [0.5, 0.6) is 0 Å². The van der Waals surface area contributed by atoms with Gasteiger partial charge in [0.1, 0.15) is 5.60 Å². The molecule has 2 unspecified atom stereocenters. The molecule has 1 aliphatic rings. The largest absolute Gasteiger partial charge is 0.444 e. The van der Waals surface area contributed by atoms with Gasteiger partial charge in [-0.05, 0) is 58.1 Å². The number of rotatable bonds is 12. The van der Waals surface area contributed by atoms with Crippen molar-refractivity contribution >= 4 is 23.0 Å². The number of para-hydroxylation sites is 2. The topological polar surface area (TPSA) is 106 Å². The number of hydrogen-bond donors (Lipinski definition) is 1. The summed E-state index contributed by atoms with van der Waals surface area (Å²) in [5.41, 5.74) is 1.03. The first-order chi connectivity index (χ1) is 18.9. The lowest BCUT2D eigenvalue weighted by Gasteiger charge is -2.44. The highest BCUT2D eigenvalue weighted by atomic mass is 16.6. The van der Waals surface area contributed by atoms with Gasteiger partial charge in [-0.3, -0.25) is 4.79 Å². The quantitative estimate of drug-likeness (QED) is 0.388. The van der Waals surface area contributed by atoms with Crippen molar-refractivity contribution in [3.63, 3.8) is 0 Å². The summed E-state index contributed by atoms with van der Waals surface area (Å²) in [6.07, 6.45) is 1.03. The number of imidazole rings is 1. The summed E-state index contributed by atoms with van der Waals surface area (Å²) in [4.78, 5) is 35.8. The number of amides is 2. The van der Waals surface area contributed by atoms with Gasteiger partial charge >= 0.3 is 6.09 Å². The number of likely N-dealkylation sites (tertiary alicyclic amines) is 1. The van der Waals surface area contributed by atoms with Gasteiger partial charge in [0.25, 0.3) is 5.91 Å². The molecule has 0 aliphatic carbocycles. The van der Waals surface area contributed by atoms with Crippen LogP contribution in [0.25, 0.3) is 11.0 Å². The molecule has 1 saturated heterocycles. The van der Waals surface area contributed by atoms with E-state index in [1.165, 1.54) is 0 Å². The molecule has 1 aromatic carbocycles. The van der Waals surface area contributed by atoms with Crippen LogP contribution in [0.4, 0.5) is 4.79 Å². The predicted molar refractivity (Wildman–Crippen MR) is 154 cm³/mol. The van der Waals surface area contributed by atoms with Crippen molar-refractivity contribution in [2.45, 2.75) is 78.2 Å². The Morgan fingerprint density at radius 2 is 1.85 bits per heavy atom. The number of carbonyl (C=O) groups excluding carboxylic acids is 2. The third-order valence-corrected chi connectivity index (χ3v) is 7.08. The summed E-state index contributed by atoms with van der Waals surface area (Å²) >= 11 is 0. The molecule has 1 aliphatic heterocycles. The lowest BCUT2D eigenvalue weighted by atomic mass is 9.88. The highest BCUT2D eigenvalue weighted by molar-refractivity contribution is 5.95.